The summed E-state index contributed by atoms with van der Waals surface area (Å²) in [5, 5.41) is 0. The van der Waals surface area contributed by atoms with Crippen LogP contribution >= 0.6 is 15.9 Å². The lowest BCUT2D eigenvalue weighted by Gasteiger charge is -2.17. The van der Waals surface area contributed by atoms with E-state index in [1.54, 1.807) is 0 Å². The van der Waals surface area contributed by atoms with Crippen molar-refractivity contribution in [3.05, 3.63) is 28.7 Å². The van der Waals surface area contributed by atoms with Gasteiger partial charge in [-0.1, -0.05) is 15.9 Å². The first-order valence-electron chi connectivity index (χ1n) is 4.75. The van der Waals surface area contributed by atoms with Gasteiger partial charge in [0, 0.05) is 29.2 Å². The van der Waals surface area contributed by atoms with Gasteiger partial charge in [0.25, 0.3) is 0 Å². The van der Waals surface area contributed by atoms with Crippen LogP contribution in [0.25, 0.3) is 0 Å². The van der Waals surface area contributed by atoms with Crippen molar-refractivity contribution in [3.63, 3.8) is 0 Å². The van der Waals surface area contributed by atoms with E-state index >= 15 is 0 Å². The molecule has 0 N–H and O–H groups in total. The molecule has 0 spiro atoms. The Labute approximate surface area is 92.0 Å². The highest BCUT2D eigenvalue weighted by atomic mass is 79.9. The van der Waals surface area contributed by atoms with E-state index in [0.29, 0.717) is 0 Å². The summed E-state index contributed by atoms with van der Waals surface area (Å²) in [6.07, 6.45) is 2.05. The third-order valence-corrected chi connectivity index (χ3v) is 3.14. The van der Waals surface area contributed by atoms with Crippen LogP contribution in [0.15, 0.2) is 28.7 Å². The summed E-state index contributed by atoms with van der Waals surface area (Å²) in [4.78, 5) is 12.9. The smallest absolute Gasteiger partial charge is 0.124 e. The minimum atomic E-state index is 0.221. The molecule has 0 unspecified atom stereocenters. The van der Waals surface area contributed by atoms with E-state index in [4.69, 9.17) is 0 Å². The van der Waals surface area contributed by atoms with E-state index in [1.165, 1.54) is 5.69 Å². The van der Waals surface area contributed by atoms with Gasteiger partial charge in [0.05, 0.1) is 0 Å². The van der Waals surface area contributed by atoms with Crippen LogP contribution in [0.2, 0.25) is 0 Å². The number of aldehydes is 1. The molecule has 1 aliphatic heterocycles. The van der Waals surface area contributed by atoms with Crippen LogP contribution in [0.5, 0.6) is 0 Å². The highest BCUT2D eigenvalue weighted by Crippen LogP contribution is 2.24. The molecular weight excluding hydrogens is 242 g/mol. The molecule has 2 rings (SSSR count). The summed E-state index contributed by atoms with van der Waals surface area (Å²) in [7, 11) is 0. The zero-order valence-corrected chi connectivity index (χ0v) is 9.40. The van der Waals surface area contributed by atoms with Crippen molar-refractivity contribution in [1.82, 2.24) is 0 Å². The Balaban J connectivity index is 2.09. The first kappa shape index (κ1) is 9.71. The van der Waals surface area contributed by atoms with Crippen LogP contribution < -0.4 is 4.90 Å². The second-order valence-corrected chi connectivity index (χ2v) is 4.52. The molecule has 0 amide bonds. The van der Waals surface area contributed by atoms with Crippen LogP contribution in [0, 0.1) is 5.92 Å². The molecule has 0 saturated carbocycles. The van der Waals surface area contributed by atoms with Gasteiger partial charge in [0.2, 0.25) is 0 Å². The Morgan fingerprint density at radius 2 is 2.07 bits per heavy atom. The van der Waals surface area contributed by atoms with Gasteiger partial charge in [0.15, 0.2) is 0 Å². The van der Waals surface area contributed by atoms with Crippen molar-refractivity contribution in [3.8, 4) is 0 Å². The van der Waals surface area contributed by atoms with Crippen molar-refractivity contribution in [2.75, 3.05) is 18.0 Å². The predicted molar refractivity (Wildman–Crippen MR) is 60.5 cm³/mol. The van der Waals surface area contributed by atoms with Gasteiger partial charge < -0.3 is 9.69 Å². The third kappa shape index (κ3) is 1.98. The molecule has 1 aromatic rings. The summed E-state index contributed by atoms with van der Waals surface area (Å²) in [5.41, 5.74) is 1.21. The van der Waals surface area contributed by atoms with E-state index in [1.807, 2.05) is 12.1 Å². The standard InChI is InChI=1S/C11H12BrNO/c12-10-1-3-11(4-2-10)13-6-5-9(7-13)8-14/h1-4,8-9H,5-7H2/t9-/m0/s1. The number of benzene rings is 1. The molecule has 1 aromatic carbocycles. The van der Waals surface area contributed by atoms with Crippen LogP contribution in [-0.4, -0.2) is 19.4 Å². The van der Waals surface area contributed by atoms with Gasteiger partial charge in [-0.25, -0.2) is 0 Å². The topological polar surface area (TPSA) is 20.3 Å². The van der Waals surface area contributed by atoms with Crippen LogP contribution in [-0.2, 0) is 4.79 Å². The second kappa shape index (κ2) is 4.13. The van der Waals surface area contributed by atoms with Crippen molar-refractivity contribution < 1.29 is 4.79 Å². The molecule has 1 atom stereocenters. The lowest BCUT2D eigenvalue weighted by atomic mass is 10.1. The molecule has 74 valence electrons. The Morgan fingerprint density at radius 3 is 2.64 bits per heavy atom. The van der Waals surface area contributed by atoms with Crippen LogP contribution in [0.4, 0.5) is 5.69 Å². The van der Waals surface area contributed by atoms with Gasteiger partial charge in [-0.2, -0.15) is 0 Å². The quantitative estimate of drug-likeness (QED) is 0.755. The summed E-state index contributed by atoms with van der Waals surface area (Å²) < 4.78 is 1.09. The van der Waals surface area contributed by atoms with E-state index in [0.717, 1.165) is 30.3 Å². The molecule has 0 radical (unpaired) electrons. The monoisotopic (exact) mass is 253 g/mol. The maximum absolute atomic E-state index is 10.6. The predicted octanol–water partition coefficient (Wildman–Crippen LogP) is 2.47. The van der Waals surface area contributed by atoms with Gasteiger partial charge >= 0.3 is 0 Å². The van der Waals surface area contributed by atoms with E-state index < -0.39 is 0 Å². The minimum absolute atomic E-state index is 0.221. The first-order chi connectivity index (χ1) is 6.79. The van der Waals surface area contributed by atoms with Crippen molar-refractivity contribution in [1.29, 1.82) is 0 Å². The minimum Gasteiger partial charge on any atom is -0.371 e. The Hall–Kier alpha value is -0.830. The lowest BCUT2D eigenvalue weighted by Crippen LogP contribution is -2.19. The number of carbonyl (C=O) groups is 1. The molecule has 1 fully saturated rings. The Bertz CT molecular complexity index is 323. The van der Waals surface area contributed by atoms with E-state index in [9.17, 15) is 4.79 Å². The largest absolute Gasteiger partial charge is 0.371 e. The first-order valence-corrected chi connectivity index (χ1v) is 5.54. The highest BCUT2D eigenvalue weighted by molar-refractivity contribution is 9.10. The summed E-state index contributed by atoms with van der Waals surface area (Å²) in [6.45, 7) is 1.86. The SMILES string of the molecule is O=C[C@H]1CCN(c2ccc(Br)cc2)C1. The Kier molecular flexibility index (Phi) is 2.87. The van der Waals surface area contributed by atoms with Gasteiger partial charge in [-0.15, -0.1) is 0 Å². The number of nitrogens with zero attached hydrogens (tertiary/aromatic N) is 1. The molecule has 0 bridgehead atoms. The number of hydrogen-bond acceptors (Lipinski definition) is 2. The average molecular weight is 254 g/mol. The van der Waals surface area contributed by atoms with Crippen LogP contribution in [0.3, 0.4) is 0 Å². The molecule has 2 nitrogen and oxygen atoms in total. The summed E-state index contributed by atoms with van der Waals surface area (Å²) >= 11 is 3.40. The number of anilines is 1. The fraction of sp³-hybridized carbons (Fsp3) is 0.364. The van der Waals surface area contributed by atoms with Gasteiger partial charge in [-0.05, 0) is 30.7 Å². The van der Waals surface area contributed by atoms with Crippen molar-refractivity contribution in [2.45, 2.75) is 6.42 Å². The number of halogens is 1. The normalized spacial score (nSPS) is 21.2. The maximum Gasteiger partial charge on any atom is 0.124 e. The molecule has 1 saturated heterocycles. The van der Waals surface area contributed by atoms with Gasteiger partial charge in [0.1, 0.15) is 6.29 Å². The van der Waals surface area contributed by atoms with Crippen molar-refractivity contribution in [2.24, 2.45) is 5.92 Å². The van der Waals surface area contributed by atoms with E-state index in [-0.39, 0.29) is 5.92 Å². The zero-order valence-electron chi connectivity index (χ0n) is 7.82. The molecule has 0 aromatic heterocycles. The number of hydrogen-bond donors (Lipinski definition) is 0. The Morgan fingerprint density at radius 1 is 1.36 bits per heavy atom. The molecule has 14 heavy (non-hydrogen) atoms. The third-order valence-electron chi connectivity index (χ3n) is 2.61. The molecule has 0 aliphatic carbocycles. The van der Waals surface area contributed by atoms with E-state index in [2.05, 4.69) is 33.0 Å². The fourth-order valence-corrected chi connectivity index (χ4v) is 2.05. The molecule has 3 heteroatoms. The number of rotatable bonds is 2. The molecule has 1 aliphatic rings. The van der Waals surface area contributed by atoms with Crippen molar-refractivity contribution >= 4 is 27.9 Å². The fourth-order valence-electron chi connectivity index (χ4n) is 1.78. The second-order valence-electron chi connectivity index (χ2n) is 3.61. The highest BCUT2D eigenvalue weighted by Gasteiger charge is 2.21. The summed E-state index contributed by atoms with van der Waals surface area (Å²) in [6, 6.07) is 8.22. The van der Waals surface area contributed by atoms with Crippen LogP contribution in [0.1, 0.15) is 6.42 Å². The number of carbonyl (C=O) groups excluding carboxylic acids is 1. The zero-order chi connectivity index (χ0) is 9.97. The molecule has 1 heterocycles. The average Bonchev–Trinajstić information content (AvgIpc) is 2.67. The lowest BCUT2D eigenvalue weighted by molar-refractivity contribution is -0.110. The maximum atomic E-state index is 10.6. The summed E-state index contributed by atoms with van der Waals surface area (Å²) in [5.74, 6) is 0.221. The molecular formula is C11H12BrNO. The van der Waals surface area contributed by atoms with Gasteiger partial charge in [-0.3, -0.25) is 0 Å².